The van der Waals surface area contributed by atoms with Gasteiger partial charge in [0.2, 0.25) is 0 Å². The van der Waals surface area contributed by atoms with Crippen LogP contribution in [0.2, 0.25) is 0 Å². The first-order chi connectivity index (χ1) is 14.3. The Morgan fingerprint density at radius 1 is 1.23 bits per heavy atom. The van der Waals surface area contributed by atoms with E-state index in [1.54, 1.807) is 24.3 Å². The van der Waals surface area contributed by atoms with Crippen LogP contribution in [-0.4, -0.2) is 46.0 Å². The maximum Gasteiger partial charge on any atom is 0.337 e. The molecule has 0 unspecified atom stereocenters. The SMILES string of the molecule is C=CCN1C(=O)/C(=C/c2cc(C)n(-c3ccc(C(=O)OC)cc3)c2C)C(=O)NC1=S. The second-order valence-electron chi connectivity index (χ2n) is 6.72. The first-order valence-electron chi connectivity index (χ1n) is 9.16. The van der Waals surface area contributed by atoms with Crippen molar-refractivity contribution >= 4 is 41.2 Å². The molecule has 2 heterocycles. The molecule has 8 heteroatoms. The number of amides is 2. The van der Waals surface area contributed by atoms with Crippen molar-refractivity contribution in [2.45, 2.75) is 13.8 Å². The Hall–Kier alpha value is -3.52. The Bertz CT molecular complexity index is 1100. The minimum absolute atomic E-state index is 0.00624. The van der Waals surface area contributed by atoms with Crippen molar-refractivity contribution in [3.05, 3.63) is 71.1 Å². The van der Waals surface area contributed by atoms with Crippen molar-refractivity contribution < 1.29 is 19.1 Å². The van der Waals surface area contributed by atoms with Gasteiger partial charge in [-0.2, -0.15) is 0 Å². The molecule has 1 N–H and O–H groups in total. The van der Waals surface area contributed by atoms with Gasteiger partial charge in [0.1, 0.15) is 5.57 Å². The minimum Gasteiger partial charge on any atom is -0.465 e. The second-order valence-corrected chi connectivity index (χ2v) is 7.11. The zero-order valence-corrected chi connectivity index (χ0v) is 17.7. The van der Waals surface area contributed by atoms with Crippen LogP contribution >= 0.6 is 12.2 Å². The van der Waals surface area contributed by atoms with Crippen molar-refractivity contribution in [3.8, 4) is 5.69 Å². The summed E-state index contributed by atoms with van der Waals surface area (Å²) in [6.45, 7) is 7.64. The fourth-order valence-corrected chi connectivity index (χ4v) is 3.59. The van der Waals surface area contributed by atoms with E-state index in [4.69, 9.17) is 17.0 Å². The third-order valence-electron chi connectivity index (χ3n) is 4.81. The molecule has 3 rings (SSSR count). The molecule has 0 bridgehead atoms. The molecule has 1 fully saturated rings. The number of carbonyl (C=O) groups excluding carboxylic acids is 3. The lowest BCUT2D eigenvalue weighted by Crippen LogP contribution is -2.53. The van der Waals surface area contributed by atoms with Crippen molar-refractivity contribution in [1.82, 2.24) is 14.8 Å². The average molecular weight is 423 g/mol. The van der Waals surface area contributed by atoms with Crippen molar-refractivity contribution in [3.63, 3.8) is 0 Å². The molecular weight excluding hydrogens is 402 g/mol. The number of rotatable bonds is 5. The lowest BCUT2D eigenvalue weighted by atomic mass is 10.1. The molecule has 0 aliphatic carbocycles. The zero-order chi connectivity index (χ0) is 22.0. The molecular formula is C22H21N3O4S. The standard InChI is InChI=1S/C22H21N3O4S/c1-5-10-24-20(27)18(19(26)23-22(24)30)12-16-11-13(2)25(14(16)3)17-8-6-15(7-9-17)21(28)29-4/h5-9,11-12H,1,10H2,2-4H3,(H,23,26,30)/b18-12+. The number of nitrogens with one attached hydrogen (secondary N) is 1. The lowest BCUT2D eigenvalue weighted by molar-refractivity contribution is -0.128. The number of methoxy groups -OCH3 is 1. The van der Waals surface area contributed by atoms with Gasteiger partial charge < -0.3 is 9.30 Å². The largest absolute Gasteiger partial charge is 0.465 e. The number of hydrogen-bond donors (Lipinski definition) is 1. The second kappa shape index (κ2) is 8.46. The van der Waals surface area contributed by atoms with E-state index in [-0.39, 0.29) is 17.2 Å². The quantitative estimate of drug-likeness (QED) is 0.263. The van der Waals surface area contributed by atoms with Crippen LogP contribution in [0.3, 0.4) is 0 Å². The summed E-state index contributed by atoms with van der Waals surface area (Å²) in [7, 11) is 1.34. The summed E-state index contributed by atoms with van der Waals surface area (Å²) in [6, 6.07) is 8.88. The molecule has 0 atom stereocenters. The number of benzene rings is 1. The van der Waals surface area contributed by atoms with Gasteiger partial charge in [0.25, 0.3) is 11.8 Å². The van der Waals surface area contributed by atoms with Gasteiger partial charge in [0.15, 0.2) is 5.11 Å². The predicted octanol–water partition coefficient (Wildman–Crippen LogP) is 2.69. The molecule has 0 saturated carbocycles. The highest BCUT2D eigenvalue weighted by molar-refractivity contribution is 7.80. The van der Waals surface area contributed by atoms with Crippen LogP contribution in [0.1, 0.15) is 27.3 Å². The fourth-order valence-electron chi connectivity index (χ4n) is 3.34. The van der Waals surface area contributed by atoms with Crippen molar-refractivity contribution in [2.75, 3.05) is 13.7 Å². The highest BCUT2D eigenvalue weighted by Crippen LogP contribution is 2.24. The van der Waals surface area contributed by atoms with Crippen LogP contribution in [0.4, 0.5) is 0 Å². The normalized spacial score (nSPS) is 15.4. The Kier molecular flexibility index (Phi) is 5.98. The van der Waals surface area contributed by atoms with E-state index < -0.39 is 17.8 Å². The Morgan fingerprint density at radius 2 is 1.90 bits per heavy atom. The zero-order valence-electron chi connectivity index (χ0n) is 16.9. The summed E-state index contributed by atoms with van der Waals surface area (Å²) in [4.78, 5) is 38.1. The number of aromatic nitrogens is 1. The number of esters is 1. The molecule has 0 spiro atoms. The number of nitrogens with zero attached hydrogens (tertiary/aromatic N) is 2. The summed E-state index contributed by atoms with van der Waals surface area (Å²) >= 11 is 5.08. The maximum absolute atomic E-state index is 12.8. The average Bonchev–Trinajstić information content (AvgIpc) is 3.01. The van der Waals surface area contributed by atoms with Gasteiger partial charge in [-0.25, -0.2) is 4.79 Å². The van der Waals surface area contributed by atoms with Gasteiger partial charge in [-0.1, -0.05) is 6.08 Å². The smallest absolute Gasteiger partial charge is 0.337 e. The van der Waals surface area contributed by atoms with E-state index in [9.17, 15) is 14.4 Å². The molecule has 1 saturated heterocycles. The molecule has 0 radical (unpaired) electrons. The van der Waals surface area contributed by atoms with E-state index in [1.807, 2.05) is 36.6 Å². The summed E-state index contributed by atoms with van der Waals surface area (Å²) in [5, 5.41) is 2.61. The third kappa shape index (κ3) is 3.81. The lowest BCUT2D eigenvalue weighted by Gasteiger charge is -2.27. The summed E-state index contributed by atoms with van der Waals surface area (Å²) < 4.78 is 6.71. The third-order valence-corrected chi connectivity index (χ3v) is 5.14. The van der Waals surface area contributed by atoms with Crippen LogP contribution in [0.5, 0.6) is 0 Å². The number of hydrogen-bond acceptors (Lipinski definition) is 5. The monoisotopic (exact) mass is 423 g/mol. The molecule has 1 aromatic heterocycles. The van der Waals surface area contributed by atoms with E-state index in [1.165, 1.54) is 12.0 Å². The first kappa shape index (κ1) is 21.2. The number of carbonyl (C=O) groups is 3. The van der Waals surface area contributed by atoms with Crippen LogP contribution in [-0.2, 0) is 14.3 Å². The highest BCUT2D eigenvalue weighted by Gasteiger charge is 2.32. The maximum atomic E-state index is 12.8. The van der Waals surface area contributed by atoms with Gasteiger partial charge in [-0.3, -0.25) is 19.8 Å². The minimum atomic E-state index is -0.530. The van der Waals surface area contributed by atoms with Gasteiger partial charge in [-0.05, 0) is 68.0 Å². The number of ether oxygens (including phenoxy) is 1. The highest BCUT2D eigenvalue weighted by atomic mass is 32.1. The van der Waals surface area contributed by atoms with E-state index in [2.05, 4.69) is 11.9 Å². The van der Waals surface area contributed by atoms with E-state index in [0.717, 1.165) is 22.6 Å². The predicted molar refractivity (Wildman–Crippen MR) is 117 cm³/mol. The molecule has 2 aromatic rings. The van der Waals surface area contributed by atoms with Crippen molar-refractivity contribution in [2.24, 2.45) is 0 Å². The molecule has 1 aliphatic heterocycles. The van der Waals surface area contributed by atoms with Crippen LogP contribution < -0.4 is 5.32 Å². The molecule has 1 aromatic carbocycles. The summed E-state index contributed by atoms with van der Waals surface area (Å²) in [6.07, 6.45) is 3.11. The summed E-state index contributed by atoms with van der Waals surface area (Å²) in [5.74, 6) is -1.40. The molecule has 154 valence electrons. The van der Waals surface area contributed by atoms with Crippen LogP contribution in [0.25, 0.3) is 11.8 Å². The molecule has 30 heavy (non-hydrogen) atoms. The molecule has 7 nitrogen and oxygen atoms in total. The van der Waals surface area contributed by atoms with Crippen LogP contribution in [0, 0.1) is 13.8 Å². The molecule has 2 amide bonds. The number of aryl methyl sites for hydroxylation is 1. The molecule has 1 aliphatic rings. The van der Waals surface area contributed by atoms with Crippen molar-refractivity contribution in [1.29, 1.82) is 0 Å². The van der Waals surface area contributed by atoms with Gasteiger partial charge in [0.05, 0.1) is 12.7 Å². The van der Waals surface area contributed by atoms with Gasteiger partial charge in [-0.15, -0.1) is 6.58 Å². The Balaban J connectivity index is 2.00. The summed E-state index contributed by atoms with van der Waals surface area (Å²) in [5.41, 5.74) is 3.79. The Labute approximate surface area is 179 Å². The topological polar surface area (TPSA) is 80.6 Å². The number of thiocarbonyl (C=S) groups is 1. The fraction of sp³-hybridized carbons (Fsp3) is 0.182. The van der Waals surface area contributed by atoms with E-state index in [0.29, 0.717) is 5.56 Å². The first-order valence-corrected chi connectivity index (χ1v) is 9.56. The van der Waals surface area contributed by atoms with Gasteiger partial charge >= 0.3 is 5.97 Å². The Morgan fingerprint density at radius 3 is 2.50 bits per heavy atom. The van der Waals surface area contributed by atoms with Gasteiger partial charge in [0, 0.05) is 23.6 Å². The van der Waals surface area contributed by atoms with E-state index >= 15 is 0 Å². The van der Waals surface area contributed by atoms with Crippen LogP contribution in [0.15, 0.2) is 48.6 Å².